The van der Waals surface area contributed by atoms with Crippen LogP contribution in [-0.2, 0) is 9.84 Å². The molecular formula is C18H17N3O5S. The minimum Gasteiger partial charge on any atom is -0.288 e. The molecule has 8 nitrogen and oxygen atoms in total. The summed E-state index contributed by atoms with van der Waals surface area (Å²) in [6, 6.07) is 11.6. The van der Waals surface area contributed by atoms with Gasteiger partial charge in [0.2, 0.25) is 0 Å². The fourth-order valence-corrected chi connectivity index (χ4v) is 5.74. The number of carbonyl (C=O) groups is 1. The number of anilines is 2. The molecule has 0 radical (unpaired) electrons. The summed E-state index contributed by atoms with van der Waals surface area (Å²) in [5, 5.41) is 10.9. The van der Waals surface area contributed by atoms with Crippen LogP contribution in [0.5, 0.6) is 0 Å². The standard InChI is InChI=1S/C18H17N3O5S/c1-12-3-2-4-15(9-12)20-17-11-27(25,26)10-16(17)19(18(20)22)13-5-7-14(8-6-13)21(23)24/h2-9,16-17H,10-11H2,1H3. The highest BCUT2D eigenvalue weighted by Gasteiger charge is 2.54. The first-order valence-electron chi connectivity index (χ1n) is 8.41. The predicted molar refractivity (Wildman–Crippen MR) is 101 cm³/mol. The van der Waals surface area contributed by atoms with Crippen LogP contribution in [0.25, 0.3) is 0 Å². The molecule has 2 atom stereocenters. The van der Waals surface area contributed by atoms with E-state index in [2.05, 4.69) is 0 Å². The molecule has 2 aliphatic heterocycles. The van der Waals surface area contributed by atoms with E-state index in [1.165, 1.54) is 34.1 Å². The van der Waals surface area contributed by atoms with Gasteiger partial charge in [0.1, 0.15) is 0 Å². The van der Waals surface area contributed by atoms with Gasteiger partial charge in [0, 0.05) is 23.5 Å². The molecule has 27 heavy (non-hydrogen) atoms. The Hall–Kier alpha value is -2.94. The SMILES string of the molecule is Cc1cccc(N2C(=O)N(c3ccc([N+](=O)[O-])cc3)C3CS(=O)(=O)CC32)c1. The van der Waals surface area contributed by atoms with Crippen molar-refractivity contribution in [2.75, 3.05) is 21.3 Å². The second kappa shape index (κ2) is 6.05. The predicted octanol–water partition coefficient (Wildman–Crippen LogP) is 2.52. The monoisotopic (exact) mass is 387 g/mol. The molecule has 0 bridgehead atoms. The molecule has 2 aliphatic rings. The van der Waals surface area contributed by atoms with Crippen LogP contribution in [0.4, 0.5) is 21.9 Å². The topological polar surface area (TPSA) is 101 Å². The lowest BCUT2D eigenvalue weighted by molar-refractivity contribution is -0.384. The Morgan fingerprint density at radius 2 is 1.59 bits per heavy atom. The van der Waals surface area contributed by atoms with Gasteiger partial charge in [0.05, 0.1) is 28.5 Å². The molecule has 2 amide bonds. The number of non-ortho nitro benzene ring substituents is 1. The van der Waals surface area contributed by atoms with Crippen LogP contribution in [0.1, 0.15) is 5.56 Å². The molecule has 0 aromatic heterocycles. The zero-order valence-electron chi connectivity index (χ0n) is 14.5. The molecule has 2 fully saturated rings. The van der Waals surface area contributed by atoms with E-state index in [4.69, 9.17) is 0 Å². The summed E-state index contributed by atoms with van der Waals surface area (Å²) >= 11 is 0. The van der Waals surface area contributed by atoms with Crippen LogP contribution in [0.2, 0.25) is 0 Å². The molecule has 2 heterocycles. The number of rotatable bonds is 3. The molecule has 2 unspecified atom stereocenters. The normalized spacial score (nSPS) is 23.5. The fourth-order valence-electron chi connectivity index (χ4n) is 3.82. The van der Waals surface area contributed by atoms with Crippen molar-refractivity contribution in [3.8, 4) is 0 Å². The first-order valence-corrected chi connectivity index (χ1v) is 10.2. The quantitative estimate of drug-likeness (QED) is 0.458. The Balaban J connectivity index is 1.78. The van der Waals surface area contributed by atoms with E-state index < -0.39 is 26.8 Å². The number of carbonyl (C=O) groups excluding carboxylic acids is 1. The maximum atomic E-state index is 13.2. The molecular weight excluding hydrogens is 370 g/mol. The summed E-state index contributed by atoms with van der Waals surface area (Å²) in [5.74, 6) is -0.219. The van der Waals surface area contributed by atoms with Crippen LogP contribution in [0.15, 0.2) is 48.5 Å². The molecule has 9 heteroatoms. The van der Waals surface area contributed by atoms with Gasteiger partial charge in [-0.25, -0.2) is 13.2 Å². The van der Waals surface area contributed by atoms with Gasteiger partial charge >= 0.3 is 6.03 Å². The van der Waals surface area contributed by atoms with Gasteiger partial charge in [0.15, 0.2) is 9.84 Å². The summed E-state index contributed by atoms with van der Waals surface area (Å²) in [6.07, 6.45) is 0. The number of fused-ring (bicyclic) bond motifs is 1. The van der Waals surface area contributed by atoms with Gasteiger partial charge < -0.3 is 0 Å². The van der Waals surface area contributed by atoms with E-state index in [1.54, 1.807) is 6.07 Å². The van der Waals surface area contributed by atoms with Crippen LogP contribution in [-0.4, -0.2) is 43.0 Å². The third-order valence-corrected chi connectivity index (χ3v) is 6.69. The summed E-state index contributed by atoms with van der Waals surface area (Å²) in [6.45, 7) is 1.90. The molecule has 4 rings (SSSR count). The number of nitro benzene ring substituents is 1. The van der Waals surface area contributed by atoms with Crippen molar-refractivity contribution in [1.82, 2.24) is 0 Å². The second-order valence-electron chi connectivity index (χ2n) is 6.85. The minimum atomic E-state index is -3.29. The molecule has 0 aliphatic carbocycles. The molecule has 0 spiro atoms. The average molecular weight is 387 g/mol. The number of benzene rings is 2. The zero-order valence-corrected chi connectivity index (χ0v) is 15.3. The lowest BCUT2D eigenvalue weighted by Crippen LogP contribution is -2.37. The molecule has 2 aromatic carbocycles. The number of hydrogen-bond acceptors (Lipinski definition) is 5. The number of amides is 2. The van der Waals surface area contributed by atoms with Crippen molar-refractivity contribution in [2.24, 2.45) is 0 Å². The number of hydrogen-bond donors (Lipinski definition) is 0. The van der Waals surface area contributed by atoms with Crippen molar-refractivity contribution in [3.63, 3.8) is 0 Å². The van der Waals surface area contributed by atoms with Gasteiger partial charge in [-0.15, -0.1) is 0 Å². The Morgan fingerprint density at radius 1 is 1.00 bits per heavy atom. The van der Waals surface area contributed by atoms with Crippen molar-refractivity contribution < 1.29 is 18.1 Å². The molecule has 0 N–H and O–H groups in total. The zero-order chi connectivity index (χ0) is 19.3. The van der Waals surface area contributed by atoms with Crippen molar-refractivity contribution in [2.45, 2.75) is 19.0 Å². The number of urea groups is 1. The van der Waals surface area contributed by atoms with Gasteiger partial charge in [-0.05, 0) is 36.8 Å². The van der Waals surface area contributed by atoms with E-state index in [1.807, 2.05) is 25.1 Å². The Morgan fingerprint density at radius 3 is 2.15 bits per heavy atom. The first-order chi connectivity index (χ1) is 12.8. The lowest BCUT2D eigenvalue weighted by Gasteiger charge is -2.23. The van der Waals surface area contributed by atoms with Gasteiger partial charge in [0.25, 0.3) is 5.69 Å². The highest BCUT2D eigenvalue weighted by atomic mass is 32.2. The number of nitrogens with zero attached hydrogens (tertiary/aromatic N) is 3. The average Bonchev–Trinajstić information content (AvgIpc) is 3.03. The number of aryl methyl sites for hydroxylation is 1. The number of sulfone groups is 1. The van der Waals surface area contributed by atoms with Crippen LogP contribution in [0.3, 0.4) is 0 Å². The molecule has 2 aromatic rings. The largest absolute Gasteiger partial charge is 0.329 e. The highest BCUT2D eigenvalue weighted by molar-refractivity contribution is 7.91. The smallest absolute Gasteiger partial charge is 0.288 e. The van der Waals surface area contributed by atoms with E-state index in [-0.39, 0.29) is 23.2 Å². The first kappa shape index (κ1) is 17.5. The molecule has 2 saturated heterocycles. The second-order valence-corrected chi connectivity index (χ2v) is 9.00. The van der Waals surface area contributed by atoms with Crippen molar-refractivity contribution >= 4 is 32.9 Å². The Bertz CT molecular complexity index is 1040. The third-order valence-electron chi connectivity index (χ3n) is 4.99. The summed E-state index contributed by atoms with van der Waals surface area (Å²) in [5.41, 5.74) is 1.98. The van der Waals surface area contributed by atoms with Gasteiger partial charge in [-0.3, -0.25) is 19.9 Å². The lowest BCUT2D eigenvalue weighted by atomic mass is 10.1. The van der Waals surface area contributed by atoms with Crippen LogP contribution in [0, 0.1) is 17.0 Å². The highest BCUT2D eigenvalue weighted by Crippen LogP contribution is 2.38. The summed E-state index contributed by atoms with van der Waals surface area (Å²) in [4.78, 5) is 26.5. The van der Waals surface area contributed by atoms with Gasteiger partial charge in [-0.1, -0.05) is 12.1 Å². The van der Waals surface area contributed by atoms with E-state index in [0.717, 1.165) is 5.56 Å². The van der Waals surface area contributed by atoms with Crippen molar-refractivity contribution in [3.05, 3.63) is 64.2 Å². The van der Waals surface area contributed by atoms with Crippen LogP contribution >= 0.6 is 0 Å². The van der Waals surface area contributed by atoms with E-state index >= 15 is 0 Å². The Kier molecular flexibility index (Phi) is 3.92. The molecule has 0 saturated carbocycles. The molecule has 140 valence electrons. The third kappa shape index (κ3) is 2.93. The summed E-state index contributed by atoms with van der Waals surface area (Å²) in [7, 11) is -3.29. The van der Waals surface area contributed by atoms with E-state index in [0.29, 0.717) is 11.4 Å². The minimum absolute atomic E-state index is 0.0865. The fraction of sp³-hybridized carbons (Fsp3) is 0.278. The van der Waals surface area contributed by atoms with Crippen molar-refractivity contribution in [1.29, 1.82) is 0 Å². The summed E-state index contributed by atoms with van der Waals surface area (Å²) < 4.78 is 24.5. The maximum absolute atomic E-state index is 13.2. The van der Waals surface area contributed by atoms with Crippen LogP contribution < -0.4 is 9.80 Å². The number of nitro groups is 1. The van der Waals surface area contributed by atoms with Gasteiger partial charge in [-0.2, -0.15) is 0 Å². The Labute approximate surface area is 156 Å². The maximum Gasteiger partial charge on any atom is 0.329 e. The van der Waals surface area contributed by atoms with E-state index in [9.17, 15) is 23.3 Å².